The Labute approximate surface area is 127 Å². The Morgan fingerprint density at radius 1 is 1.14 bits per heavy atom. The van der Waals surface area contributed by atoms with Gasteiger partial charge in [0, 0.05) is 31.6 Å². The molecule has 0 atom stereocenters. The number of benzene rings is 1. The van der Waals surface area contributed by atoms with Gasteiger partial charge in [0.05, 0.1) is 5.70 Å². The highest BCUT2D eigenvalue weighted by Gasteiger charge is 2.19. The van der Waals surface area contributed by atoms with E-state index in [0.29, 0.717) is 13.1 Å². The number of hydrogen-bond acceptors (Lipinski definition) is 4. The van der Waals surface area contributed by atoms with Crippen molar-refractivity contribution in [1.29, 1.82) is 0 Å². The van der Waals surface area contributed by atoms with Gasteiger partial charge in [-0.3, -0.25) is 4.98 Å². The first-order valence-corrected chi connectivity index (χ1v) is 6.96. The van der Waals surface area contributed by atoms with Gasteiger partial charge in [-0.05, 0) is 29.3 Å². The van der Waals surface area contributed by atoms with E-state index in [9.17, 15) is 9.18 Å². The summed E-state index contributed by atoms with van der Waals surface area (Å²) in [5.74, 6) is -0.591. The molecule has 2 heterocycles. The molecule has 4 nitrogen and oxygen atoms in total. The van der Waals surface area contributed by atoms with Gasteiger partial charge in [-0.15, -0.1) is 0 Å². The predicted molar refractivity (Wildman–Crippen MR) is 78.9 cm³/mol. The highest BCUT2D eigenvalue weighted by molar-refractivity contribution is 5.85. The molecule has 0 aliphatic carbocycles. The van der Waals surface area contributed by atoms with E-state index in [-0.39, 0.29) is 18.4 Å². The quantitative estimate of drug-likeness (QED) is 0.796. The number of rotatable bonds is 5. The molecule has 0 spiro atoms. The van der Waals surface area contributed by atoms with Crippen LogP contribution in [0.4, 0.5) is 4.39 Å². The summed E-state index contributed by atoms with van der Waals surface area (Å²) in [5.41, 5.74) is 2.81. The Morgan fingerprint density at radius 3 is 2.55 bits per heavy atom. The molecule has 112 valence electrons. The molecule has 22 heavy (non-hydrogen) atoms. The third kappa shape index (κ3) is 3.49. The number of esters is 1. The van der Waals surface area contributed by atoms with Gasteiger partial charge >= 0.3 is 5.97 Å². The van der Waals surface area contributed by atoms with Crippen LogP contribution >= 0.6 is 0 Å². The smallest absolute Gasteiger partial charge is 0.333 e. The van der Waals surface area contributed by atoms with Crippen molar-refractivity contribution in [3.8, 4) is 0 Å². The minimum atomic E-state index is -0.328. The van der Waals surface area contributed by atoms with Crippen LogP contribution in [0.2, 0.25) is 0 Å². The lowest BCUT2D eigenvalue weighted by Crippen LogP contribution is -2.23. The Morgan fingerprint density at radius 2 is 1.91 bits per heavy atom. The maximum Gasteiger partial charge on any atom is 0.333 e. The van der Waals surface area contributed by atoms with Crippen LogP contribution in [0.5, 0.6) is 0 Å². The molecular formula is C17H15FN2O2. The molecule has 0 radical (unpaired) electrons. The van der Waals surface area contributed by atoms with E-state index in [1.54, 1.807) is 24.5 Å². The van der Waals surface area contributed by atoms with Crippen LogP contribution in [0.1, 0.15) is 11.1 Å². The van der Waals surface area contributed by atoms with Crippen molar-refractivity contribution < 1.29 is 13.9 Å². The SMILES string of the molecule is O=C1C=C(N(Cc2ccc(F)cc2)Cc2cccnc2)CO1. The van der Waals surface area contributed by atoms with E-state index in [1.807, 2.05) is 17.0 Å². The van der Waals surface area contributed by atoms with Gasteiger partial charge in [0.1, 0.15) is 12.4 Å². The molecule has 0 unspecified atom stereocenters. The van der Waals surface area contributed by atoms with Crippen LogP contribution in [0, 0.1) is 5.82 Å². The Balaban J connectivity index is 1.81. The predicted octanol–water partition coefficient (Wildman–Crippen LogP) is 2.66. The first-order chi connectivity index (χ1) is 10.7. The molecule has 0 bridgehead atoms. The Hall–Kier alpha value is -2.69. The second-order valence-electron chi connectivity index (χ2n) is 5.09. The number of halogens is 1. The molecule has 2 aromatic rings. The molecule has 0 N–H and O–H groups in total. The van der Waals surface area contributed by atoms with Gasteiger partial charge in [0.2, 0.25) is 0 Å². The number of ether oxygens (including phenoxy) is 1. The molecule has 0 saturated carbocycles. The van der Waals surface area contributed by atoms with Crippen LogP contribution in [0.15, 0.2) is 60.6 Å². The van der Waals surface area contributed by atoms with E-state index in [1.165, 1.54) is 18.2 Å². The molecule has 5 heteroatoms. The highest BCUT2D eigenvalue weighted by atomic mass is 19.1. The van der Waals surface area contributed by atoms with Crippen molar-refractivity contribution in [3.63, 3.8) is 0 Å². The molecule has 0 saturated heterocycles. The lowest BCUT2D eigenvalue weighted by Gasteiger charge is -2.25. The van der Waals surface area contributed by atoms with Crippen LogP contribution in [0.25, 0.3) is 0 Å². The first kappa shape index (κ1) is 14.3. The molecule has 1 aliphatic rings. The van der Waals surface area contributed by atoms with E-state index < -0.39 is 0 Å². The minimum Gasteiger partial charge on any atom is -0.456 e. The summed E-state index contributed by atoms with van der Waals surface area (Å²) in [5, 5.41) is 0. The summed E-state index contributed by atoms with van der Waals surface area (Å²) in [4.78, 5) is 17.5. The molecule has 0 fully saturated rings. The molecular weight excluding hydrogens is 283 g/mol. The number of hydrogen-bond donors (Lipinski definition) is 0. The molecule has 0 amide bonds. The summed E-state index contributed by atoms with van der Waals surface area (Å²) in [6.45, 7) is 1.44. The van der Waals surface area contributed by atoms with Gasteiger partial charge in [0.15, 0.2) is 0 Å². The number of cyclic esters (lactones) is 1. The third-order valence-electron chi connectivity index (χ3n) is 3.44. The monoisotopic (exact) mass is 298 g/mol. The molecule has 1 aromatic heterocycles. The zero-order valence-electron chi connectivity index (χ0n) is 11.9. The summed E-state index contributed by atoms with van der Waals surface area (Å²) < 4.78 is 18.0. The van der Waals surface area contributed by atoms with E-state index >= 15 is 0 Å². The topological polar surface area (TPSA) is 42.4 Å². The molecule has 3 rings (SSSR count). The van der Waals surface area contributed by atoms with Crippen molar-refractivity contribution in [3.05, 3.63) is 77.5 Å². The molecule has 1 aliphatic heterocycles. The fourth-order valence-corrected chi connectivity index (χ4v) is 2.33. The number of nitrogens with zero attached hydrogens (tertiary/aromatic N) is 2. The fraction of sp³-hybridized carbons (Fsp3) is 0.176. The standard InChI is InChI=1S/C17H15FN2O2/c18-15-5-3-13(4-6-15)10-20(16-8-17(21)22-12-16)11-14-2-1-7-19-9-14/h1-9H,10-12H2. The largest absolute Gasteiger partial charge is 0.456 e. The average Bonchev–Trinajstić information content (AvgIpc) is 2.96. The number of carbonyl (C=O) groups is 1. The lowest BCUT2D eigenvalue weighted by atomic mass is 10.1. The second-order valence-corrected chi connectivity index (χ2v) is 5.09. The highest BCUT2D eigenvalue weighted by Crippen LogP contribution is 2.19. The van der Waals surface area contributed by atoms with Gasteiger partial charge in [0.25, 0.3) is 0 Å². The summed E-state index contributed by atoms with van der Waals surface area (Å²) in [6.07, 6.45) is 5.00. The van der Waals surface area contributed by atoms with Crippen LogP contribution < -0.4 is 0 Å². The average molecular weight is 298 g/mol. The van der Waals surface area contributed by atoms with Crippen LogP contribution in [-0.4, -0.2) is 22.5 Å². The number of pyridine rings is 1. The fourth-order valence-electron chi connectivity index (χ4n) is 2.33. The minimum absolute atomic E-state index is 0.263. The summed E-state index contributed by atoms with van der Waals surface area (Å²) in [6, 6.07) is 10.2. The van der Waals surface area contributed by atoms with Crippen LogP contribution in [0.3, 0.4) is 0 Å². The lowest BCUT2D eigenvalue weighted by molar-refractivity contribution is -0.135. The maximum absolute atomic E-state index is 13.0. The Kier molecular flexibility index (Phi) is 4.14. The number of aromatic nitrogens is 1. The van der Waals surface area contributed by atoms with E-state index in [0.717, 1.165) is 16.8 Å². The van der Waals surface area contributed by atoms with Crippen LogP contribution in [-0.2, 0) is 22.6 Å². The maximum atomic E-state index is 13.0. The van der Waals surface area contributed by atoms with Crippen molar-refractivity contribution in [2.24, 2.45) is 0 Å². The van der Waals surface area contributed by atoms with Gasteiger partial charge in [-0.25, -0.2) is 9.18 Å². The second kappa shape index (κ2) is 6.39. The summed E-state index contributed by atoms with van der Waals surface area (Å²) in [7, 11) is 0. The Bertz CT molecular complexity index is 684. The normalized spacial score (nSPS) is 13.7. The van der Waals surface area contributed by atoms with Crippen molar-refractivity contribution in [2.75, 3.05) is 6.61 Å². The van der Waals surface area contributed by atoms with Gasteiger partial charge in [-0.2, -0.15) is 0 Å². The van der Waals surface area contributed by atoms with Crippen molar-refractivity contribution in [1.82, 2.24) is 9.88 Å². The van der Waals surface area contributed by atoms with Crippen molar-refractivity contribution in [2.45, 2.75) is 13.1 Å². The number of carbonyl (C=O) groups excluding carboxylic acids is 1. The zero-order chi connectivity index (χ0) is 15.4. The zero-order valence-corrected chi connectivity index (χ0v) is 11.9. The third-order valence-corrected chi connectivity index (χ3v) is 3.44. The first-order valence-electron chi connectivity index (χ1n) is 6.96. The van der Waals surface area contributed by atoms with Gasteiger partial charge in [-0.1, -0.05) is 18.2 Å². The summed E-state index contributed by atoms with van der Waals surface area (Å²) >= 11 is 0. The van der Waals surface area contributed by atoms with Gasteiger partial charge < -0.3 is 9.64 Å². The van der Waals surface area contributed by atoms with E-state index in [4.69, 9.17) is 4.74 Å². The van der Waals surface area contributed by atoms with E-state index in [2.05, 4.69) is 4.98 Å². The molecule has 1 aromatic carbocycles. The van der Waals surface area contributed by atoms with Crippen molar-refractivity contribution >= 4 is 5.97 Å².